The Balaban J connectivity index is 2.03. The van der Waals surface area contributed by atoms with E-state index in [-0.39, 0.29) is 5.78 Å². The second-order valence-corrected chi connectivity index (χ2v) is 8.42. The van der Waals surface area contributed by atoms with Crippen LogP contribution in [0, 0.1) is 0 Å². The molecule has 0 aliphatic carbocycles. The molecule has 1 aliphatic rings. The molecule has 2 aromatic rings. The van der Waals surface area contributed by atoms with Crippen LogP contribution >= 0.6 is 23.2 Å². The van der Waals surface area contributed by atoms with Crippen LogP contribution in [0.1, 0.15) is 45.0 Å². The van der Waals surface area contributed by atoms with Crippen molar-refractivity contribution >= 4 is 41.6 Å². The second kappa shape index (κ2) is 7.14. The average molecular weight is 407 g/mol. The van der Waals surface area contributed by atoms with Crippen molar-refractivity contribution in [2.24, 2.45) is 0 Å². The van der Waals surface area contributed by atoms with E-state index in [4.69, 9.17) is 37.2 Å². The summed E-state index contributed by atoms with van der Waals surface area (Å²) in [7, 11) is -0.671. The van der Waals surface area contributed by atoms with Gasteiger partial charge in [-0.1, -0.05) is 23.2 Å². The van der Waals surface area contributed by atoms with E-state index in [0.29, 0.717) is 32.6 Å². The van der Waals surface area contributed by atoms with Crippen molar-refractivity contribution in [3.8, 4) is 11.5 Å². The van der Waals surface area contributed by atoms with E-state index in [1.807, 2.05) is 27.7 Å². The van der Waals surface area contributed by atoms with E-state index >= 15 is 0 Å². The molecule has 0 amide bonds. The summed E-state index contributed by atoms with van der Waals surface area (Å²) in [5.41, 5.74) is 0.152. The zero-order valence-corrected chi connectivity index (χ0v) is 17.4. The summed E-state index contributed by atoms with van der Waals surface area (Å²) in [6.07, 6.45) is 0. The third-order valence-electron chi connectivity index (χ3n) is 5.04. The third kappa shape index (κ3) is 4.02. The fraction of sp³-hybridized carbons (Fsp3) is 0.350. The first kappa shape index (κ1) is 20.2. The Hall–Kier alpha value is -1.53. The normalized spacial score (nSPS) is 17.8. The van der Waals surface area contributed by atoms with Gasteiger partial charge in [-0.15, -0.1) is 0 Å². The van der Waals surface area contributed by atoms with E-state index < -0.39 is 18.3 Å². The number of benzene rings is 2. The zero-order valence-electron chi connectivity index (χ0n) is 15.9. The van der Waals surface area contributed by atoms with Gasteiger partial charge in [-0.25, -0.2) is 0 Å². The number of rotatable bonds is 4. The van der Waals surface area contributed by atoms with Crippen molar-refractivity contribution < 1.29 is 18.8 Å². The topological polar surface area (TPSA) is 44.8 Å². The van der Waals surface area contributed by atoms with Gasteiger partial charge < -0.3 is 14.0 Å². The van der Waals surface area contributed by atoms with Gasteiger partial charge in [0.15, 0.2) is 5.78 Å². The van der Waals surface area contributed by atoms with E-state index in [1.165, 1.54) is 6.92 Å². The molecule has 27 heavy (non-hydrogen) atoms. The molecule has 0 saturated carbocycles. The lowest BCUT2D eigenvalue weighted by Crippen LogP contribution is -2.41. The first-order valence-corrected chi connectivity index (χ1v) is 9.39. The molecule has 0 unspecified atom stereocenters. The van der Waals surface area contributed by atoms with E-state index in [0.717, 1.165) is 0 Å². The first-order chi connectivity index (χ1) is 12.5. The van der Waals surface area contributed by atoms with Gasteiger partial charge in [0.05, 0.1) is 16.2 Å². The molecule has 142 valence electrons. The number of hydrogen-bond acceptors (Lipinski definition) is 4. The van der Waals surface area contributed by atoms with Gasteiger partial charge in [0.1, 0.15) is 11.5 Å². The minimum absolute atomic E-state index is 0.0520. The number of ether oxygens (including phenoxy) is 1. The van der Waals surface area contributed by atoms with Crippen LogP contribution in [-0.4, -0.2) is 24.1 Å². The molecule has 0 atom stereocenters. The molecule has 0 spiro atoms. The molecule has 1 heterocycles. The van der Waals surface area contributed by atoms with Crippen LogP contribution in [0.5, 0.6) is 11.5 Å². The molecule has 7 heteroatoms. The zero-order chi connectivity index (χ0) is 20.0. The highest BCUT2D eigenvalue weighted by Crippen LogP contribution is 2.38. The third-order valence-corrected chi connectivity index (χ3v) is 5.57. The highest BCUT2D eigenvalue weighted by molar-refractivity contribution is 6.63. The van der Waals surface area contributed by atoms with E-state index in [1.54, 1.807) is 36.4 Å². The summed E-state index contributed by atoms with van der Waals surface area (Å²) in [6.45, 7) is 9.40. The van der Waals surface area contributed by atoms with Gasteiger partial charge >= 0.3 is 7.12 Å². The molecule has 0 aromatic heterocycles. The van der Waals surface area contributed by atoms with Crippen LogP contribution in [0.4, 0.5) is 0 Å². The van der Waals surface area contributed by atoms with Gasteiger partial charge in [0, 0.05) is 16.0 Å². The summed E-state index contributed by atoms with van der Waals surface area (Å²) in [5, 5.41) is 0.906. The Kier molecular flexibility index (Phi) is 5.34. The standard InChI is InChI=1S/C20H21BCl2O4/c1-12(24)13-6-8-17(25-18-9-7-14(22)11-16(18)23)15(10-13)21-26-19(2,3)20(4,5)27-21/h6-11H,1-5H3. The molecule has 0 N–H and O–H groups in total. The molecule has 4 nitrogen and oxygen atoms in total. The van der Waals surface area contributed by atoms with Crippen LogP contribution in [0.3, 0.4) is 0 Å². The smallest absolute Gasteiger partial charge is 0.456 e. The second-order valence-electron chi connectivity index (χ2n) is 7.57. The number of carbonyl (C=O) groups is 1. The number of carbonyl (C=O) groups excluding carboxylic acids is 1. The lowest BCUT2D eigenvalue weighted by atomic mass is 9.77. The lowest BCUT2D eigenvalue weighted by molar-refractivity contribution is 0.00578. The van der Waals surface area contributed by atoms with Crippen molar-refractivity contribution in [3.05, 3.63) is 52.0 Å². The van der Waals surface area contributed by atoms with Gasteiger partial charge in [0.2, 0.25) is 0 Å². The summed E-state index contributed by atoms with van der Waals surface area (Å²) in [5.74, 6) is 0.904. The van der Waals surface area contributed by atoms with Crippen molar-refractivity contribution in [1.29, 1.82) is 0 Å². The first-order valence-electron chi connectivity index (χ1n) is 8.63. The Morgan fingerprint density at radius 3 is 2.11 bits per heavy atom. The summed E-state index contributed by atoms with van der Waals surface area (Å²) in [4.78, 5) is 11.9. The molecular formula is C20H21BCl2O4. The lowest BCUT2D eigenvalue weighted by Gasteiger charge is -2.32. The minimum Gasteiger partial charge on any atom is -0.456 e. The predicted molar refractivity (Wildman–Crippen MR) is 109 cm³/mol. The number of ketones is 1. The van der Waals surface area contributed by atoms with Gasteiger partial charge in [-0.3, -0.25) is 4.79 Å². The maximum atomic E-state index is 11.9. The van der Waals surface area contributed by atoms with Crippen molar-refractivity contribution in [2.75, 3.05) is 0 Å². The highest BCUT2D eigenvalue weighted by atomic mass is 35.5. The van der Waals surface area contributed by atoms with Crippen LogP contribution in [0.2, 0.25) is 10.0 Å². The van der Waals surface area contributed by atoms with Crippen LogP contribution < -0.4 is 10.2 Å². The SMILES string of the molecule is CC(=O)c1ccc(Oc2ccc(Cl)cc2Cl)c(B2OC(C)(C)C(C)(C)O2)c1. The Morgan fingerprint density at radius 1 is 0.963 bits per heavy atom. The van der Waals surface area contributed by atoms with E-state index in [9.17, 15) is 4.79 Å². The Labute approximate surface area is 169 Å². The average Bonchev–Trinajstić information content (AvgIpc) is 2.78. The van der Waals surface area contributed by atoms with Crippen LogP contribution in [-0.2, 0) is 9.31 Å². The molecule has 1 aliphatic heterocycles. The molecule has 1 saturated heterocycles. The number of halogens is 2. The van der Waals surface area contributed by atoms with E-state index in [2.05, 4.69) is 0 Å². The molecule has 0 bridgehead atoms. The summed E-state index contributed by atoms with van der Waals surface area (Å²) >= 11 is 12.2. The van der Waals surface area contributed by atoms with Crippen molar-refractivity contribution in [3.63, 3.8) is 0 Å². The Morgan fingerprint density at radius 2 is 1.56 bits per heavy atom. The molecule has 2 aromatic carbocycles. The molecule has 3 rings (SSSR count). The quantitative estimate of drug-likeness (QED) is 0.511. The summed E-state index contributed by atoms with van der Waals surface area (Å²) in [6, 6.07) is 10.2. The molecular weight excluding hydrogens is 386 g/mol. The predicted octanol–water partition coefficient (Wildman–Crippen LogP) is 5.29. The van der Waals surface area contributed by atoms with Crippen LogP contribution in [0.25, 0.3) is 0 Å². The Bertz CT molecular complexity index is 880. The van der Waals surface area contributed by atoms with Gasteiger partial charge in [-0.05, 0) is 71.0 Å². The van der Waals surface area contributed by atoms with Gasteiger partial charge in [0.25, 0.3) is 0 Å². The van der Waals surface area contributed by atoms with Crippen molar-refractivity contribution in [1.82, 2.24) is 0 Å². The monoisotopic (exact) mass is 406 g/mol. The molecule has 1 fully saturated rings. The van der Waals surface area contributed by atoms with Crippen LogP contribution in [0.15, 0.2) is 36.4 Å². The largest absolute Gasteiger partial charge is 0.498 e. The van der Waals surface area contributed by atoms with Crippen molar-refractivity contribution in [2.45, 2.75) is 45.8 Å². The summed E-state index contributed by atoms with van der Waals surface area (Å²) < 4.78 is 18.3. The number of hydrogen-bond donors (Lipinski definition) is 0. The fourth-order valence-corrected chi connectivity index (χ4v) is 3.14. The minimum atomic E-state index is -0.671. The molecule has 0 radical (unpaired) electrons. The maximum Gasteiger partial charge on any atom is 0.498 e. The maximum absolute atomic E-state index is 11.9. The number of Topliss-reactive ketones (excluding diaryl/α,β-unsaturated/α-hetero) is 1. The highest BCUT2D eigenvalue weighted by Gasteiger charge is 2.52. The van der Waals surface area contributed by atoms with Gasteiger partial charge in [-0.2, -0.15) is 0 Å². The fourth-order valence-electron chi connectivity index (χ4n) is 2.69.